The van der Waals surface area contributed by atoms with Gasteiger partial charge >= 0.3 is 0 Å². The van der Waals surface area contributed by atoms with Crippen LogP contribution in [0.15, 0.2) is 6.33 Å². The zero-order chi connectivity index (χ0) is 9.35. The summed E-state index contributed by atoms with van der Waals surface area (Å²) in [4.78, 5) is 8.18. The van der Waals surface area contributed by atoms with Gasteiger partial charge in [-0.2, -0.15) is 0 Å². The van der Waals surface area contributed by atoms with E-state index in [2.05, 4.69) is 30.7 Å². The van der Waals surface area contributed by atoms with E-state index in [-0.39, 0.29) is 5.41 Å². The molecule has 2 nitrogen and oxygen atoms in total. The summed E-state index contributed by atoms with van der Waals surface area (Å²) in [6, 6.07) is 0. The van der Waals surface area contributed by atoms with Gasteiger partial charge < -0.3 is 0 Å². The molecule has 0 aliphatic carbocycles. The SMILES string of the molecule is Cc1ncnc(C(C)(C)C)c1Cl. The van der Waals surface area contributed by atoms with Gasteiger partial charge in [0.15, 0.2) is 0 Å². The lowest BCUT2D eigenvalue weighted by molar-refractivity contribution is 0.566. The first-order valence-corrected chi connectivity index (χ1v) is 4.28. The Morgan fingerprint density at radius 2 is 1.83 bits per heavy atom. The second-order valence-electron chi connectivity index (χ2n) is 3.87. The predicted octanol–water partition coefficient (Wildman–Crippen LogP) is 2.74. The van der Waals surface area contributed by atoms with Crippen LogP contribution in [-0.4, -0.2) is 9.97 Å². The summed E-state index contributed by atoms with van der Waals surface area (Å²) in [6.07, 6.45) is 1.56. The van der Waals surface area contributed by atoms with Crippen molar-refractivity contribution >= 4 is 11.6 Å². The minimum absolute atomic E-state index is 0.00914. The summed E-state index contributed by atoms with van der Waals surface area (Å²) < 4.78 is 0. The molecule has 0 atom stereocenters. The Morgan fingerprint density at radius 1 is 1.25 bits per heavy atom. The number of aryl methyl sites for hydroxylation is 1. The van der Waals surface area contributed by atoms with Gasteiger partial charge in [0.25, 0.3) is 0 Å². The van der Waals surface area contributed by atoms with Gasteiger partial charge in [0.1, 0.15) is 6.33 Å². The van der Waals surface area contributed by atoms with E-state index in [1.807, 2.05) is 6.92 Å². The highest BCUT2D eigenvalue weighted by Crippen LogP contribution is 2.27. The summed E-state index contributed by atoms with van der Waals surface area (Å²) in [5.74, 6) is 0. The van der Waals surface area contributed by atoms with Crippen LogP contribution in [0.1, 0.15) is 32.2 Å². The molecule has 0 bridgehead atoms. The molecule has 1 aromatic rings. The number of hydrogen-bond donors (Lipinski definition) is 0. The number of nitrogens with zero attached hydrogens (tertiary/aromatic N) is 2. The van der Waals surface area contributed by atoms with Gasteiger partial charge in [-0.15, -0.1) is 0 Å². The molecule has 1 aromatic heterocycles. The molecule has 0 aliphatic rings. The van der Waals surface area contributed by atoms with Crippen LogP contribution < -0.4 is 0 Å². The number of rotatable bonds is 0. The molecule has 0 radical (unpaired) electrons. The number of aromatic nitrogens is 2. The van der Waals surface area contributed by atoms with Gasteiger partial charge in [0.05, 0.1) is 16.4 Å². The zero-order valence-electron chi connectivity index (χ0n) is 7.85. The van der Waals surface area contributed by atoms with Crippen molar-refractivity contribution in [3.05, 3.63) is 22.7 Å². The number of halogens is 1. The lowest BCUT2D eigenvalue weighted by atomic mass is 9.91. The summed E-state index contributed by atoms with van der Waals surface area (Å²) in [5, 5.41) is 0.685. The van der Waals surface area contributed by atoms with Crippen LogP contribution in [0.3, 0.4) is 0 Å². The molecule has 0 unspecified atom stereocenters. The molecule has 0 saturated carbocycles. The fraction of sp³-hybridized carbons (Fsp3) is 0.556. The minimum Gasteiger partial charge on any atom is -0.240 e. The topological polar surface area (TPSA) is 25.8 Å². The van der Waals surface area contributed by atoms with E-state index < -0.39 is 0 Å². The first-order valence-electron chi connectivity index (χ1n) is 3.90. The van der Waals surface area contributed by atoms with E-state index in [9.17, 15) is 0 Å². The van der Waals surface area contributed by atoms with E-state index in [1.54, 1.807) is 6.33 Å². The van der Waals surface area contributed by atoms with Crippen molar-refractivity contribution < 1.29 is 0 Å². The lowest BCUT2D eigenvalue weighted by Gasteiger charge is -2.19. The Kier molecular flexibility index (Phi) is 2.38. The summed E-state index contributed by atoms with van der Waals surface area (Å²) >= 11 is 6.05. The fourth-order valence-corrected chi connectivity index (χ4v) is 1.36. The van der Waals surface area contributed by atoms with Crippen molar-refractivity contribution in [3.63, 3.8) is 0 Å². The van der Waals surface area contributed by atoms with Crippen LogP contribution in [-0.2, 0) is 5.41 Å². The average molecular weight is 185 g/mol. The van der Waals surface area contributed by atoms with Crippen LogP contribution in [0.2, 0.25) is 5.02 Å². The highest BCUT2D eigenvalue weighted by Gasteiger charge is 2.19. The minimum atomic E-state index is -0.00914. The normalized spacial score (nSPS) is 11.8. The van der Waals surface area contributed by atoms with E-state index in [1.165, 1.54) is 0 Å². The summed E-state index contributed by atoms with van der Waals surface area (Å²) in [5.41, 5.74) is 1.75. The van der Waals surface area contributed by atoms with Gasteiger partial charge in [-0.1, -0.05) is 32.4 Å². The van der Waals surface area contributed by atoms with Crippen molar-refractivity contribution in [2.24, 2.45) is 0 Å². The maximum absolute atomic E-state index is 6.05. The first kappa shape index (κ1) is 9.46. The van der Waals surface area contributed by atoms with Crippen molar-refractivity contribution in [1.82, 2.24) is 9.97 Å². The number of hydrogen-bond acceptors (Lipinski definition) is 2. The maximum Gasteiger partial charge on any atom is 0.116 e. The van der Waals surface area contributed by atoms with Crippen LogP contribution in [0.4, 0.5) is 0 Å². The molecule has 0 aromatic carbocycles. The monoisotopic (exact) mass is 184 g/mol. The van der Waals surface area contributed by atoms with Crippen molar-refractivity contribution in [2.45, 2.75) is 33.1 Å². The van der Waals surface area contributed by atoms with Crippen LogP contribution >= 0.6 is 11.6 Å². The summed E-state index contributed by atoms with van der Waals surface area (Å²) in [6.45, 7) is 8.14. The molecule has 0 amide bonds. The molecule has 0 saturated heterocycles. The van der Waals surface area contributed by atoms with Crippen LogP contribution in [0.5, 0.6) is 0 Å². The van der Waals surface area contributed by atoms with E-state index in [0.717, 1.165) is 11.4 Å². The van der Waals surface area contributed by atoms with Crippen LogP contribution in [0, 0.1) is 6.92 Å². The van der Waals surface area contributed by atoms with Crippen molar-refractivity contribution in [2.75, 3.05) is 0 Å². The lowest BCUT2D eigenvalue weighted by Crippen LogP contribution is -2.15. The molecule has 0 aliphatic heterocycles. The smallest absolute Gasteiger partial charge is 0.116 e. The first-order chi connectivity index (χ1) is 5.43. The maximum atomic E-state index is 6.05. The van der Waals surface area contributed by atoms with Gasteiger partial charge in [0, 0.05) is 5.41 Å². The Labute approximate surface area is 78.0 Å². The van der Waals surface area contributed by atoms with E-state index in [0.29, 0.717) is 5.02 Å². The third-order valence-electron chi connectivity index (χ3n) is 1.67. The quantitative estimate of drug-likeness (QED) is 0.620. The molecule has 66 valence electrons. The van der Waals surface area contributed by atoms with Gasteiger partial charge in [-0.05, 0) is 6.92 Å². The van der Waals surface area contributed by atoms with E-state index >= 15 is 0 Å². The van der Waals surface area contributed by atoms with Crippen LogP contribution in [0.25, 0.3) is 0 Å². The highest BCUT2D eigenvalue weighted by molar-refractivity contribution is 6.31. The molecule has 1 rings (SSSR count). The molecule has 0 spiro atoms. The van der Waals surface area contributed by atoms with E-state index in [4.69, 9.17) is 11.6 Å². The largest absolute Gasteiger partial charge is 0.240 e. The molecule has 0 N–H and O–H groups in total. The molecule has 12 heavy (non-hydrogen) atoms. The van der Waals surface area contributed by atoms with Gasteiger partial charge in [-0.3, -0.25) is 0 Å². The Hall–Kier alpha value is -0.630. The third kappa shape index (κ3) is 1.75. The van der Waals surface area contributed by atoms with Crippen molar-refractivity contribution in [1.29, 1.82) is 0 Å². The zero-order valence-corrected chi connectivity index (χ0v) is 8.61. The Bertz CT molecular complexity index is 289. The fourth-order valence-electron chi connectivity index (χ4n) is 0.981. The molecule has 0 fully saturated rings. The second kappa shape index (κ2) is 3.02. The highest BCUT2D eigenvalue weighted by atomic mass is 35.5. The molecule has 1 heterocycles. The Balaban J connectivity index is 3.26. The Morgan fingerprint density at radius 3 is 2.25 bits per heavy atom. The third-order valence-corrected chi connectivity index (χ3v) is 2.13. The molecular weight excluding hydrogens is 172 g/mol. The molecular formula is C9H13ClN2. The average Bonchev–Trinajstić information content (AvgIpc) is 1.92. The van der Waals surface area contributed by atoms with Gasteiger partial charge in [-0.25, -0.2) is 9.97 Å². The standard InChI is InChI=1S/C9H13ClN2/c1-6-7(10)8(9(2,3)4)12-5-11-6/h5H,1-4H3. The second-order valence-corrected chi connectivity index (χ2v) is 4.25. The van der Waals surface area contributed by atoms with Gasteiger partial charge in [0.2, 0.25) is 0 Å². The predicted molar refractivity (Wildman–Crippen MR) is 50.5 cm³/mol. The molecule has 3 heteroatoms. The summed E-state index contributed by atoms with van der Waals surface area (Å²) in [7, 11) is 0. The van der Waals surface area contributed by atoms with Crippen molar-refractivity contribution in [3.8, 4) is 0 Å².